The van der Waals surface area contributed by atoms with Gasteiger partial charge in [0.2, 0.25) is 12.5 Å². The minimum absolute atomic E-state index is 0.0664. The summed E-state index contributed by atoms with van der Waals surface area (Å²) in [5.41, 5.74) is 0.781. The molecular formula is C27H38N4O7. The van der Waals surface area contributed by atoms with E-state index in [9.17, 15) is 14.7 Å². The van der Waals surface area contributed by atoms with Gasteiger partial charge in [-0.15, -0.1) is 0 Å². The van der Waals surface area contributed by atoms with Crippen molar-refractivity contribution in [1.29, 1.82) is 0 Å². The molecule has 0 aliphatic carbocycles. The van der Waals surface area contributed by atoms with Crippen LogP contribution in [-0.2, 0) is 27.9 Å². The van der Waals surface area contributed by atoms with Crippen LogP contribution in [-0.4, -0.2) is 82.7 Å². The number of rotatable bonds is 13. The summed E-state index contributed by atoms with van der Waals surface area (Å²) in [5, 5.41) is 11.9. The van der Waals surface area contributed by atoms with Crippen LogP contribution in [0.25, 0.3) is 0 Å². The van der Waals surface area contributed by atoms with Gasteiger partial charge in [0, 0.05) is 50.9 Å². The second-order valence-corrected chi connectivity index (χ2v) is 9.75. The van der Waals surface area contributed by atoms with Crippen LogP contribution in [0.5, 0.6) is 17.2 Å². The number of methoxy groups -OCH3 is 1. The van der Waals surface area contributed by atoms with E-state index in [2.05, 4.69) is 4.98 Å². The fraction of sp³-hybridized carbons (Fsp3) is 0.593. The van der Waals surface area contributed by atoms with E-state index in [1.807, 2.05) is 48.7 Å². The van der Waals surface area contributed by atoms with Gasteiger partial charge < -0.3 is 23.9 Å². The molecule has 0 radical (unpaired) electrons. The Morgan fingerprint density at radius 3 is 2.71 bits per heavy atom. The molecule has 2 aliphatic rings. The molecule has 3 atom stereocenters. The molecule has 11 heteroatoms. The lowest BCUT2D eigenvalue weighted by Crippen LogP contribution is -2.44. The number of fused-ring (bicyclic) bond motifs is 1. The second kappa shape index (κ2) is 12.5. The van der Waals surface area contributed by atoms with Crippen LogP contribution >= 0.6 is 0 Å². The Bertz CT molecular complexity index is 1120. The van der Waals surface area contributed by atoms with Gasteiger partial charge in [0.25, 0.3) is 5.91 Å². The Balaban J connectivity index is 1.65. The predicted molar refractivity (Wildman–Crippen MR) is 138 cm³/mol. The number of hydrogen-bond donors (Lipinski definition) is 1. The first kappa shape index (κ1) is 27.7. The Morgan fingerprint density at radius 2 is 2.05 bits per heavy atom. The highest BCUT2D eigenvalue weighted by Gasteiger charge is 2.47. The zero-order valence-corrected chi connectivity index (χ0v) is 22.6. The average molecular weight is 531 g/mol. The second-order valence-electron chi connectivity index (χ2n) is 9.75. The quantitative estimate of drug-likeness (QED) is 0.390. The normalized spacial score (nSPS) is 20.6. The number of imidazole rings is 1. The fourth-order valence-electron chi connectivity index (χ4n) is 5.39. The molecule has 208 valence electrons. The molecule has 0 bridgehead atoms. The molecule has 4 rings (SSSR count). The standard InChI is InChI=1S/C27H38N4O7/c1-5-10-31(38-12-6-2)24(32)16-30-15-19(18-13-21(35-4)26-22(14-18)36-17-37-26)25(27(33)34)20(30)7-8-23-28-9-11-29(23)3/h9,11,13-14,19-20,25H,5-8,10,12,15-17H2,1-4H3,(H,33,34). The van der Waals surface area contributed by atoms with Gasteiger partial charge in [0.05, 0.1) is 26.2 Å². The smallest absolute Gasteiger partial charge is 0.308 e. The number of carboxylic acids is 1. The van der Waals surface area contributed by atoms with Crippen molar-refractivity contribution in [2.24, 2.45) is 13.0 Å². The molecule has 3 unspecified atom stereocenters. The molecule has 1 saturated heterocycles. The number of carbonyl (C=O) groups excluding carboxylic acids is 1. The van der Waals surface area contributed by atoms with E-state index in [4.69, 9.17) is 19.0 Å². The predicted octanol–water partition coefficient (Wildman–Crippen LogP) is 2.84. The fourth-order valence-corrected chi connectivity index (χ4v) is 5.39. The molecule has 1 N–H and O–H groups in total. The van der Waals surface area contributed by atoms with Crippen LogP contribution in [0.15, 0.2) is 24.5 Å². The first-order valence-electron chi connectivity index (χ1n) is 13.2. The summed E-state index contributed by atoms with van der Waals surface area (Å²) in [6.07, 6.45) is 6.28. The number of aromatic nitrogens is 2. The summed E-state index contributed by atoms with van der Waals surface area (Å²) in [7, 11) is 3.46. The summed E-state index contributed by atoms with van der Waals surface area (Å²) >= 11 is 0. The van der Waals surface area contributed by atoms with Crippen LogP contribution in [0, 0.1) is 5.92 Å². The number of aliphatic carboxylic acids is 1. The summed E-state index contributed by atoms with van der Waals surface area (Å²) in [6, 6.07) is 3.27. The highest BCUT2D eigenvalue weighted by Crippen LogP contribution is 2.47. The van der Waals surface area contributed by atoms with Crippen molar-refractivity contribution in [3.05, 3.63) is 35.9 Å². The third kappa shape index (κ3) is 5.88. The van der Waals surface area contributed by atoms with Gasteiger partial charge in [0.1, 0.15) is 5.82 Å². The van der Waals surface area contributed by atoms with Gasteiger partial charge in [-0.25, -0.2) is 10.0 Å². The Labute approximate surface area is 223 Å². The van der Waals surface area contributed by atoms with Crippen LogP contribution < -0.4 is 14.2 Å². The highest BCUT2D eigenvalue weighted by atomic mass is 16.7. The van der Waals surface area contributed by atoms with Crippen LogP contribution in [0.2, 0.25) is 0 Å². The molecule has 0 spiro atoms. The molecule has 2 aliphatic heterocycles. The number of benzene rings is 1. The minimum atomic E-state index is -0.904. The molecule has 2 aromatic rings. The number of carboxylic acid groups (broad SMARTS) is 1. The minimum Gasteiger partial charge on any atom is -0.493 e. The Kier molecular flexibility index (Phi) is 9.11. The lowest BCUT2D eigenvalue weighted by atomic mass is 9.83. The van der Waals surface area contributed by atoms with Gasteiger partial charge in [-0.2, -0.15) is 0 Å². The molecule has 1 amide bonds. The molecule has 1 aromatic heterocycles. The van der Waals surface area contributed by atoms with Crippen LogP contribution in [0.3, 0.4) is 0 Å². The SMILES string of the molecule is CCCON(CCC)C(=O)CN1CC(c2cc(OC)c3c(c2)OCO3)C(C(=O)O)C1CCc1nccn1C. The van der Waals surface area contributed by atoms with Crippen LogP contribution in [0.4, 0.5) is 0 Å². The lowest BCUT2D eigenvalue weighted by Gasteiger charge is -2.29. The van der Waals surface area contributed by atoms with Crippen molar-refractivity contribution in [3.8, 4) is 17.2 Å². The topological polar surface area (TPSA) is 116 Å². The zero-order chi connectivity index (χ0) is 27.2. The monoisotopic (exact) mass is 530 g/mol. The molecule has 0 saturated carbocycles. The number of amides is 1. The van der Waals surface area contributed by atoms with E-state index in [0.717, 1.165) is 24.2 Å². The van der Waals surface area contributed by atoms with Crippen molar-refractivity contribution in [2.75, 3.05) is 40.1 Å². The van der Waals surface area contributed by atoms with Gasteiger partial charge in [-0.05, 0) is 37.0 Å². The van der Waals surface area contributed by atoms with Gasteiger partial charge in [-0.3, -0.25) is 19.3 Å². The summed E-state index contributed by atoms with van der Waals surface area (Å²) in [6.45, 7) is 5.46. The lowest BCUT2D eigenvalue weighted by molar-refractivity contribution is -0.188. The average Bonchev–Trinajstić information content (AvgIpc) is 3.63. The molecule has 1 fully saturated rings. The van der Waals surface area contributed by atoms with Gasteiger partial charge >= 0.3 is 5.97 Å². The highest BCUT2D eigenvalue weighted by molar-refractivity contribution is 5.78. The first-order chi connectivity index (χ1) is 18.4. The maximum Gasteiger partial charge on any atom is 0.308 e. The molecule has 11 nitrogen and oxygen atoms in total. The van der Waals surface area contributed by atoms with Crippen molar-refractivity contribution in [2.45, 2.75) is 51.5 Å². The van der Waals surface area contributed by atoms with E-state index < -0.39 is 11.9 Å². The van der Waals surface area contributed by atoms with Gasteiger partial charge in [0.15, 0.2) is 11.5 Å². The maximum atomic E-state index is 13.3. The largest absolute Gasteiger partial charge is 0.493 e. The number of hydroxylamine groups is 2. The first-order valence-corrected chi connectivity index (χ1v) is 13.2. The number of likely N-dealkylation sites (tertiary alicyclic amines) is 1. The Morgan fingerprint density at radius 1 is 1.24 bits per heavy atom. The number of hydrogen-bond acceptors (Lipinski definition) is 8. The van der Waals surface area contributed by atoms with E-state index in [-0.39, 0.29) is 31.2 Å². The molecular weight excluding hydrogens is 492 g/mol. The van der Waals surface area contributed by atoms with Crippen molar-refractivity contribution >= 4 is 11.9 Å². The number of carbonyl (C=O) groups is 2. The Hall–Kier alpha value is -3.31. The van der Waals surface area contributed by atoms with Crippen molar-refractivity contribution in [3.63, 3.8) is 0 Å². The van der Waals surface area contributed by atoms with Crippen LogP contribution in [0.1, 0.15) is 50.4 Å². The van der Waals surface area contributed by atoms with E-state index in [1.165, 1.54) is 5.06 Å². The summed E-state index contributed by atoms with van der Waals surface area (Å²) < 4.78 is 18.6. The van der Waals surface area contributed by atoms with Crippen molar-refractivity contribution < 1.29 is 33.7 Å². The summed E-state index contributed by atoms with van der Waals surface area (Å²) in [4.78, 5) is 38.2. The number of ether oxygens (including phenoxy) is 3. The third-order valence-electron chi connectivity index (χ3n) is 7.22. The molecule has 3 heterocycles. The third-order valence-corrected chi connectivity index (χ3v) is 7.22. The van der Waals surface area contributed by atoms with E-state index in [1.54, 1.807) is 13.3 Å². The molecule has 1 aromatic carbocycles. The number of aryl methyl sites for hydroxylation is 2. The van der Waals surface area contributed by atoms with E-state index >= 15 is 0 Å². The van der Waals surface area contributed by atoms with Crippen molar-refractivity contribution in [1.82, 2.24) is 19.5 Å². The van der Waals surface area contributed by atoms with E-state index in [0.29, 0.717) is 49.8 Å². The van der Waals surface area contributed by atoms with Gasteiger partial charge in [-0.1, -0.05) is 13.8 Å². The maximum absolute atomic E-state index is 13.3. The molecule has 38 heavy (non-hydrogen) atoms. The summed E-state index contributed by atoms with van der Waals surface area (Å²) in [5.74, 6) is 0.213. The number of nitrogens with zero attached hydrogens (tertiary/aromatic N) is 4. The zero-order valence-electron chi connectivity index (χ0n) is 22.6.